The summed E-state index contributed by atoms with van der Waals surface area (Å²) in [6.07, 6.45) is 4.06. The van der Waals surface area contributed by atoms with E-state index in [2.05, 4.69) is 4.98 Å². The van der Waals surface area contributed by atoms with Gasteiger partial charge in [0.1, 0.15) is 12.4 Å². The van der Waals surface area contributed by atoms with E-state index in [9.17, 15) is 4.79 Å². The first-order chi connectivity index (χ1) is 9.24. The third-order valence-corrected chi connectivity index (χ3v) is 2.80. The average molecular weight is 257 g/mol. The van der Waals surface area contributed by atoms with Gasteiger partial charge in [0.15, 0.2) is 11.5 Å². The number of carbonyl (C=O) groups excluding carboxylic acids is 1. The van der Waals surface area contributed by atoms with Crippen molar-refractivity contribution in [3.63, 3.8) is 0 Å². The molecule has 0 N–H and O–H groups in total. The van der Waals surface area contributed by atoms with E-state index in [4.69, 9.17) is 9.47 Å². The fourth-order valence-corrected chi connectivity index (χ4v) is 1.75. The van der Waals surface area contributed by atoms with Gasteiger partial charge in [-0.2, -0.15) is 0 Å². The predicted octanol–water partition coefficient (Wildman–Crippen LogP) is 3.04. The zero-order valence-electron chi connectivity index (χ0n) is 10.9. The molecule has 0 radical (unpaired) electrons. The summed E-state index contributed by atoms with van der Waals surface area (Å²) in [4.78, 5) is 14.8. The average Bonchev–Trinajstić information content (AvgIpc) is 2.48. The number of nitrogens with zero attached hydrogens (tertiary/aromatic N) is 1. The predicted molar refractivity (Wildman–Crippen MR) is 71.7 cm³/mol. The first-order valence-electron chi connectivity index (χ1n) is 5.94. The SMILES string of the molecule is COc1ccc(C=O)cc1OC(C)c1ccncc1. The van der Waals surface area contributed by atoms with Gasteiger partial charge in [-0.25, -0.2) is 0 Å². The van der Waals surface area contributed by atoms with Crippen LogP contribution in [-0.2, 0) is 0 Å². The number of hydrogen-bond donors (Lipinski definition) is 0. The van der Waals surface area contributed by atoms with Crippen LogP contribution in [-0.4, -0.2) is 18.4 Å². The fraction of sp³-hybridized carbons (Fsp3) is 0.200. The molecule has 1 aromatic heterocycles. The molecule has 2 rings (SSSR count). The van der Waals surface area contributed by atoms with Crippen molar-refractivity contribution in [3.8, 4) is 11.5 Å². The number of aromatic nitrogens is 1. The lowest BCUT2D eigenvalue weighted by atomic mass is 10.1. The third kappa shape index (κ3) is 3.10. The maximum atomic E-state index is 10.8. The number of methoxy groups -OCH3 is 1. The van der Waals surface area contributed by atoms with Gasteiger partial charge in [0.25, 0.3) is 0 Å². The van der Waals surface area contributed by atoms with Crippen LogP contribution in [0.25, 0.3) is 0 Å². The molecule has 0 amide bonds. The Kier molecular flexibility index (Phi) is 4.13. The van der Waals surface area contributed by atoms with E-state index in [-0.39, 0.29) is 6.10 Å². The lowest BCUT2D eigenvalue weighted by molar-refractivity contribution is 0.112. The molecule has 1 heterocycles. The Bertz CT molecular complexity index is 555. The van der Waals surface area contributed by atoms with Gasteiger partial charge >= 0.3 is 0 Å². The summed E-state index contributed by atoms with van der Waals surface area (Å²) in [6, 6.07) is 8.86. The maximum Gasteiger partial charge on any atom is 0.162 e. The van der Waals surface area contributed by atoms with Crippen LogP contribution in [0.1, 0.15) is 28.9 Å². The first-order valence-corrected chi connectivity index (χ1v) is 5.94. The highest BCUT2D eigenvalue weighted by molar-refractivity contribution is 5.76. The summed E-state index contributed by atoms with van der Waals surface area (Å²) >= 11 is 0. The second kappa shape index (κ2) is 6.00. The zero-order chi connectivity index (χ0) is 13.7. The van der Waals surface area contributed by atoms with E-state index in [0.717, 1.165) is 11.8 Å². The van der Waals surface area contributed by atoms with Crippen LogP contribution in [0.15, 0.2) is 42.7 Å². The Labute approximate surface area is 112 Å². The molecule has 0 aliphatic rings. The Morgan fingerprint density at radius 1 is 1.16 bits per heavy atom. The van der Waals surface area contributed by atoms with Crippen molar-refractivity contribution < 1.29 is 14.3 Å². The van der Waals surface area contributed by atoms with Crippen molar-refractivity contribution >= 4 is 6.29 Å². The highest BCUT2D eigenvalue weighted by atomic mass is 16.5. The number of benzene rings is 1. The van der Waals surface area contributed by atoms with Crippen molar-refractivity contribution in [1.82, 2.24) is 4.98 Å². The Morgan fingerprint density at radius 2 is 1.89 bits per heavy atom. The van der Waals surface area contributed by atoms with Crippen LogP contribution >= 0.6 is 0 Å². The highest BCUT2D eigenvalue weighted by Gasteiger charge is 2.11. The summed E-state index contributed by atoms with van der Waals surface area (Å²) in [7, 11) is 1.57. The Morgan fingerprint density at radius 3 is 2.53 bits per heavy atom. The summed E-state index contributed by atoms with van der Waals surface area (Å²) in [6.45, 7) is 1.93. The number of carbonyl (C=O) groups is 1. The number of ether oxygens (including phenoxy) is 2. The molecular formula is C15H15NO3. The highest BCUT2D eigenvalue weighted by Crippen LogP contribution is 2.31. The van der Waals surface area contributed by atoms with E-state index in [1.807, 2.05) is 19.1 Å². The Hall–Kier alpha value is -2.36. The molecule has 19 heavy (non-hydrogen) atoms. The minimum Gasteiger partial charge on any atom is -0.493 e. The molecular weight excluding hydrogens is 242 g/mol. The van der Waals surface area contributed by atoms with E-state index in [0.29, 0.717) is 17.1 Å². The maximum absolute atomic E-state index is 10.8. The molecule has 0 bridgehead atoms. The molecule has 4 nitrogen and oxygen atoms in total. The van der Waals surface area contributed by atoms with Crippen LogP contribution < -0.4 is 9.47 Å². The quantitative estimate of drug-likeness (QED) is 0.772. The van der Waals surface area contributed by atoms with Gasteiger partial charge in [-0.1, -0.05) is 0 Å². The van der Waals surface area contributed by atoms with E-state index >= 15 is 0 Å². The third-order valence-electron chi connectivity index (χ3n) is 2.80. The molecule has 0 spiro atoms. The monoisotopic (exact) mass is 257 g/mol. The molecule has 0 fully saturated rings. The standard InChI is InChI=1S/C15H15NO3/c1-11(13-5-7-16-8-6-13)19-15-9-12(10-17)3-4-14(15)18-2/h3-11H,1-2H3. The largest absolute Gasteiger partial charge is 0.493 e. The molecule has 98 valence electrons. The first kappa shape index (κ1) is 13.1. The van der Waals surface area contributed by atoms with Gasteiger partial charge < -0.3 is 9.47 Å². The summed E-state index contributed by atoms with van der Waals surface area (Å²) in [5.74, 6) is 1.16. The van der Waals surface area contributed by atoms with Gasteiger partial charge in [0.2, 0.25) is 0 Å². The second-order valence-corrected chi connectivity index (χ2v) is 4.07. The van der Waals surface area contributed by atoms with Gasteiger partial charge in [-0.05, 0) is 42.8 Å². The normalized spacial score (nSPS) is 11.7. The molecule has 4 heteroatoms. The summed E-state index contributed by atoms with van der Waals surface area (Å²) in [5.41, 5.74) is 1.56. The molecule has 1 aromatic carbocycles. The van der Waals surface area contributed by atoms with Crippen LogP contribution in [0.5, 0.6) is 11.5 Å². The van der Waals surface area contributed by atoms with Gasteiger partial charge in [-0.3, -0.25) is 9.78 Å². The number of rotatable bonds is 5. The lowest BCUT2D eigenvalue weighted by Gasteiger charge is -2.17. The topological polar surface area (TPSA) is 48.4 Å². The van der Waals surface area contributed by atoms with Crippen molar-refractivity contribution in [1.29, 1.82) is 0 Å². The number of aldehydes is 1. The van der Waals surface area contributed by atoms with Gasteiger partial charge in [-0.15, -0.1) is 0 Å². The Balaban J connectivity index is 2.24. The summed E-state index contributed by atoms with van der Waals surface area (Å²) < 4.78 is 11.1. The number of pyridine rings is 1. The van der Waals surface area contributed by atoms with Crippen LogP contribution in [0, 0.1) is 0 Å². The molecule has 1 unspecified atom stereocenters. The smallest absolute Gasteiger partial charge is 0.162 e. The molecule has 0 aliphatic heterocycles. The minimum atomic E-state index is -0.154. The fourth-order valence-electron chi connectivity index (χ4n) is 1.75. The van der Waals surface area contributed by atoms with Crippen molar-refractivity contribution in [2.75, 3.05) is 7.11 Å². The minimum absolute atomic E-state index is 0.154. The number of hydrogen-bond acceptors (Lipinski definition) is 4. The van der Waals surface area contributed by atoms with Crippen molar-refractivity contribution in [2.45, 2.75) is 13.0 Å². The second-order valence-electron chi connectivity index (χ2n) is 4.07. The summed E-state index contributed by atoms with van der Waals surface area (Å²) in [5, 5.41) is 0. The van der Waals surface area contributed by atoms with Gasteiger partial charge in [0, 0.05) is 18.0 Å². The van der Waals surface area contributed by atoms with Crippen molar-refractivity contribution in [3.05, 3.63) is 53.9 Å². The molecule has 0 saturated heterocycles. The van der Waals surface area contributed by atoms with E-state index in [1.54, 1.807) is 37.7 Å². The van der Waals surface area contributed by atoms with E-state index in [1.165, 1.54) is 0 Å². The molecule has 1 atom stereocenters. The lowest BCUT2D eigenvalue weighted by Crippen LogP contribution is -2.04. The van der Waals surface area contributed by atoms with Gasteiger partial charge in [0.05, 0.1) is 7.11 Å². The van der Waals surface area contributed by atoms with Crippen molar-refractivity contribution in [2.24, 2.45) is 0 Å². The zero-order valence-corrected chi connectivity index (χ0v) is 10.9. The molecule has 0 saturated carbocycles. The van der Waals surface area contributed by atoms with E-state index < -0.39 is 0 Å². The molecule has 0 aliphatic carbocycles. The van der Waals surface area contributed by atoms with Crippen LogP contribution in [0.2, 0.25) is 0 Å². The van der Waals surface area contributed by atoms with Crippen LogP contribution in [0.3, 0.4) is 0 Å². The molecule has 2 aromatic rings. The van der Waals surface area contributed by atoms with Crippen LogP contribution in [0.4, 0.5) is 0 Å².